The Morgan fingerprint density at radius 2 is 1.02 bits per heavy atom. The van der Waals surface area contributed by atoms with Crippen molar-refractivity contribution in [2.75, 3.05) is 0 Å². The third kappa shape index (κ3) is 10.9. The highest BCUT2D eigenvalue weighted by atomic mass is 16.6. The van der Waals surface area contributed by atoms with E-state index in [0.29, 0.717) is 28.8 Å². The molecule has 0 radical (unpaired) electrons. The molecule has 6 rings (SSSR count). The lowest BCUT2D eigenvalue weighted by molar-refractivity contribution is -0.156. The number of unbranched alkanes of at least 4 members (excludes halogenated alkanes) is 7. The Labute approximate surface area is 325 Å². The average Bonchev–Trinajstić information content (AvgIpc) is 3.22. The standard InChI is InChI=1S/C48H51N3O4/c1-4-5-6-7-8-9-10-13-18-34(2)54-48(53)35(3)55-42-31-32-43(44(52)33-42)47-50-45(40-27-23-38(24-28-40)36-19-14-11-15-20-36)49-46(51-47)41-29-25-39(26-30-41)37-21-16-12-17-22-37/h11-12,14-17,19-35,52H,4-10,13,18H2,1-3H3. The molecule has 0 fully saturated rings. The largest absolute Gasteiger partial charge is 0.507 e. The van der Waals surface area contributed by atoms with Gasteiger partial charge in [-0.25, -0.2) is 19.7 Å². The van der Waals surface area contributed by atoms with Gasteiger partial charge in [-0.1, -0.05) is 161 Å². The number of aromatic hydroxyl groups is 1. The highest BCUT2D eigenvalue weighted by Crippen LogP contribution is 2.34. The normalized spacial score (nSPS) is 12.2. The third-order valence-corrected chi connectivity index (χ3v) is 9.77. The van der Waals surface area contributed by atoms with Crippen molar-refractivity contribution in [3.63, 3.8) is 0 Å². The quantitative estimate of drug-likeness (QED) is 0.0694. The minimum absolute atomic E-state index is 0.0805. The van der Waals surface area contributed by atoms with Crippen LogP contribution in [0.15, 0.2) is 127 Å². The first-order valence-electron chi connectivity index (χ1n) is 19.7. The van der Waals surface area contributed by atoms with Crippen LogP contribution in [0.3, 0.4) is 0 Å². The van der Waals surface area contributed by atoms with E-state index in [1.165, 1.54) is 44.6 Å². The van der Waals surface area contributed by atoms with E-state index in [4.69, 9.17) is 24.4 Å². The highest BCUT2D eigenvalue weighted by molar-refractivity contribution is 5.76. The molecule has 7 nitrogen and oxygen atoms in total. The van der Waals surface area contributed by atoms with Gasteiger partial charge in [-0.05, 0) is 61.1 Å². The molecule has 5 aromatic carbocycles. The molecule has 0 amide bonds. The minimum Gasteiger partial charge on any atom is -0.507 e. The lowest BCUT2D eigenvalue weighted by atomic mass is 10.0. The van der Waals surface area contributed by atoms with E-state index in [1.807, 2.05) is 67.6 Å². The second kappa shape index (κ2) is 19.5. The summed E-state index contributed by atoms with van der Waals surface area (Å²) < 4.78 is 11.6. The van der Waals surface area contributed by atoms with Gasteiger partial charge >= 0.3 is 5.97 Å². The van der Waals surface area contributed by atoms with Gasteiger partial charge in [-0.2, -0.15) is 0 Å². The van der Waals surface area contributed by atoms with Crippen LogP contribution in [-0.4, -0.2) is 38.2 Å². The van der Waals surface area contributed by atoms with Crippen molar-refractivity contribution in [3.8, 4) is 67.9 Å². The zero-order chi connectivity index (χ0) is 38.4. The maximum absolute atomic E-state index is 12.9. The van der Waals surface area contributed by atoms with Crippen molar-refractivity contribution in [2.45, 2.75) is 90.8 Å². The summed E-state index contributed by atoms with van der Waals surface area (Å²) >= 11 is 0. The minimum atomic E-state index is -0.848. The van der Waals surface area contributed by atoms with E-state index in [2.05, 4.69) is 55.5 Å². The molecule has 0 saturated carbocycles. The first-order valence-corrected chi connectivity index (χ1v) is 19.7. The van der Waals surface area contributed by atoms with Crippen LogP contribution < -0.4 is 4.74 Å². The topological polar surface area (TPSA) is 94.4 Å². The summed E-state index contributed by atoms with van der Waals surface area (Å²) in [5.74, 6) is 1.09. The number of phenolic OH excluding ortho intramolecular Hbond substituents is 1. The second-order valence-electron chi connectivity index (χ2n) is 14.1. The highest BCUT2D eigenvalue weighted by Gasteiger charge is 2.21. The summed E-state index contributed by atoms with van der Waals surface area (Å²) in [6, 6.07) is 41.5. The molecule has 2 unspecified atom stereocenters. The van der Waals surface area contributed by atoms with Gasteiger partial charge in [-0.15, -0.1) is 0 Å². The van der Waals surface area contributed by atoms with Crippen molar-refractivity contribution < 1.29 is 19.4 Å². The summed E-state index contributed by atoms with van der Waals surface area (Å²) in [5, 5.41) is 11.3. The molecule has 282 valence electrons. The van der Waals surface area contributed by atoms with Gasteiger partial charge in [0.05, 0.1) is 11.7 Å². The molecule has 0 aliphatic heterocycles. The number of phenols is 1. The molecule has 0 aliphatic carbocycles. The number of hydrogen-bond acceptors (Lipinski definition) is 7. The number of hydrogen-bond donors (Lipinski definition) is 1. The van der Waals surface area contributed by atoms with E-state index in [1.54, 1.807) is 19.1 Å². The first kappa shape index (κ1) is 38.9. The van der Waals surface area contributed by atoms with Gasteiger partial charge in [0.2, 0.25) is 0 Å². The van der Waals surface area contributed by atoms with Gasteiger partial charge in [-0.3, -0.25) is 0 Å². The molecule has 1 heterocycles. The Balaban J connectivity index is 1.18. The van der Waals surface area contributed by atoms with Crippen LogP contribution in [0.4, 0.5) is 0 Å². The predicted octanol–water partition coefficient (Wildman–Crippen LogP) is 12.1. The maximum Gasteiger partial charge on any atom is 0.347 e. The second-order valence-corrected chi connectivity index (χ2v) is 14.1. The summed E-state index contributed by atoms with van der Waals surface area (Å²) in [5.41, 5.74) is 6.44. The number of rotatable bonds is 18. The fraction of sp³-hybridized carbons (Fsp3) is 0.292. The summed E-state index contributed by atoms with van der Waals surface area (Å²) in [4.78, 5) is 27.4. The molecule has 0 bridgehead atoms. The van der Waals surface area contributed by atoms with Crippen molar-refractivity contribution in [1.82, 2.24) is 15.0 Å². The van der Waals surface area contributed by atoms with Gasteiger partial charge in [0, 0.05) is 17.2 Å². The summed E-state index contributed by atoms with van der Waals surface area (Å²) in [6.45, 7) is 5.82. The number of ether oxygens (including phenoxy) is 2. The van der Waals surface area contributed by atoms with Crippen LogP contribution in [-0.2, 0) is 9.53 Å². The van der Waals surface area contributed by atoms with Crippen LogP contribution in [0, 0.1) is 0 Å². The molecule has 0 saturated heterocycles. The van der Waals surface area contributed by atoms with Crippen LogP contribution in [0.2, 0.25) is 0 Å². The number of aromatic nitrogens is 3. The molecule has 55 heavy (non-hydrogen) atoms. The third-order valence-electron chi connectivity index (χ3n) is 9.77. The fourth-order valence-corrected chi connectivity index (χ4v) is 6.58. The number of nitrogens with zero attached hydrogens (tertiary/aromatic N) is 3. The van der Waals surface area contributed by atoms with Gasteiger partial charge in [0.25, 0.3) is 0 Å². The van der Waals surface area contributed by atoms with Gasteiger partial charge in [0.15, 0.2) is 23.6 Å². The lowest BCUT2D eigenvalue weighted by Crippen LogP contribution is -2.29. The molecule has 1 aromatic heterocycles. The van der Waals surface area contributed by atoms with E-state index in [-0.39, 0.29) is 11.9 Å². The predicted molar refractivity (Wildman–Crippen MR) is 222 cm³/mol. The molecular formula is C48H51N3O4. The molecular weight excluding hydrogens is 683 g/mol. The Morgan fingerprint density at radius 3 is 1.53 bits per heavy atom. The Morgan fingerprint density at radius 1 is 0.564 bits per heavy atom. The molecule has 1 N–H and O–H groups in total. The van der Waals surface area contributed by atoms with Crippen molar-refractivity contribution in [1.29, 1.82) is 0 Å². The number of benzene rings is 5. The molecule has 6 aromatic rings. The van der Waals surface area contributed by atoms with Crippen LogP contribution in [0.1, 0.15) is 78.6 Å². The van der Waals surface area contributed by atoms with E-state index in [9.17, 15) is 9.90 Å². The number of esters is 1. The monoisotopic (exact) mass is 733 g/mol. The van der Waals surface area contributed by atoms with E-state index < -0.39 is 12.1 Å². The van der Waals surface area contributed by atoms with Crippen LogP contribution >= 0.6 is 0 Å². The molecule has 0 spiro atoms. The van der Waals surface area contributed by atoms with Crippen molar-refractivity contribution in [3.05, 3.63) is 127 Å². The summed E-state index contributed by atoms with van der Waals surface area (Å²) in [6.07, 6.45) is 9.66. The smallest absolute Gasteiger partial charge is 0.347 e. The lowest BCUT2D eigenvalue weighted by Gasteiger charge is -2.18. The molecule has 7 heteroatoms. The fourth-order valence-electron chi connectivity index (χ4n) is 6.58. The average molecular weight is 734 g/mol. The SMILES string of the molecule is CCCCCCCCCCC(C)OC(=O)C(C)Oc1ccc(-c2nc(-c3ccc(-c4ccccc4)cc3)nc(-c3ccc(-c4ccccc4)cc3)n2)c(O)c1. The Hall–Kier alpha value is -5.82. The Bertz CT molecular complexity index is 2000. The van der Waals surface area contributed by atoms with Gasteiger partial charge in [0.1, 0.15) is 11.5 Å². The zero-order valence-electron chi connectivity index (χ0n) is 32.2. The number of carbonyl (C=O) groups is 1. The maximum atomic E-state index is 12.9. The molecule has 2 atom stereocenters. The van der Waals surface area contributed by atoms with Crippen molar-refractivity contribution in [2.24, 2.45) is 0 Å². The summed E-state index contributed by atoms with van der Waals surface area (Å²) in [7, 11) is 0. The van der Waals surface area contributed by atoms with Crippen LogP contribution in [0.5, 0.6) is 11.5 Å². The Kier molecular flexibility index (Phi) is 13.8. The van der Waals surface area contributed by atoms with Crippen molar-refractivity contribution >= 4 is 5.97 Å². The van der Waals surface area contributed by atoms with Crippen LogP contribution in [0.25, 0.3) is 56.4 Å². The van der Waals surface area contributed by atoms with E-state index in [0.717, 1.165) is 52.6 Å². The van der Waals surface area contributed by atoms with Gasteiger partial charge < -0.3 is 14.6 Å². The first-order chi connectivity index (χ1) is 26.9. The zero-order valence-corrected chi connectivity index (χ0v) is 32.2. The molecule has 0 aliphatic rings. The van der Waals surface area contributed by atoms with E-state index >= 15 is 0 Å². The number of carbonyl (C=O) groups excluding carboxylic acids is 1.